The third-order valence-corrected chi connectivity index (χ3v) is 2.95. The normalized spacial score (nSPS) is 12.1. The van der Waals surface area contributed by atoms with Gasteiger partial charge in [-0.1, -0.05) is 33.6 Å². The van der Waals surface area contributed by atoms with E-state index in [1.807, 2.05) is 13.8 Å². The minimum absolute atomic E-state index is 0.0601. The van der Waals surface area contributed by atoms with E-state index in [4.69, 9.17) is 9.47 Å². The lowest BCUT2D eigenvalue weighted by Crippen LogP contribution is -2.20. The fourth-order valence-electron chi connectivity index (χ4n) is 2.03. The topological polar surface area (TPSA) is 52.6 Å². The lowest BCUT2D eigenvalue weighted by Gasteiger charge is -2.16. The molecule has 0 fully saturated rings. The molecule has 0 aromatic heterocycles. The lowest BCUT2D eigenvalue weighted by atomic mass is 9.93. The van der Waals surface area contributed by atoms with E-state index in [9.17, 15) is 9.59 Å². The van der Waals surface area contributed by atoms with Crippen molar-refractivity contribution < 1.29 is 19.1 Å². The maximum Gasteiger partial charge on any atom is 0.334 e. The van der Waals surface area contributed by atoms with Gasteiger partial charge in [-0.15, -0.1) is 0 Å². The van der Waals surface area contributed by atoms with Crippen molar-refractivity contribution in [3.05, 3.63) is 11.1 Å². The highest BCUT2D eigenvalue weighted by Gasteiger charge is 2.25. The standard InChI is InChI=1S/C16H28O4/c1-6-9-10-11-13(15(17)19-7-2)14(12(4)5)16(18)20-8-3/h12H,6-11H2,1-5H3. The second-order valence-electron chi connectivity index (χ2n) is 4.94. The highest BCUT2D eigenvalue weighted by atomic mass is 16.5. The predicted molar refractivity (Wildman–Crippen MR) is 79.3 cm³/mol. The average molecular weight is 284 g/mol. The number of ether oxygens (including phenoxy) is 2. The van der Waals surface area contributed by atoms with E-state index in [1.54, 1.807) is 13.8 Å². The van der Waals surface area contributed by atoms with Crippen molar-refractivity contribution in [2.24, 2.45) is 5.92 Å². The molecule has 0 atom stereocenters. The maximum atomic E-state index is 12.1. The molecule has 0 N–H and O–H groups in total. The molecular weight excluding hydrogens is 256 g/mol. The fraction of sp³-hybridized carbons (Fsp3) is 0.750. The van der Waals surface area contributed by atoms with E-state index < -0.39 is 5.97 Å². The smallest absolute Gasteiger partial charge is 0.334 e. The van der Waals surface area contributed by atoms with E-state index in [0.29, 0.717) is 30.8 Å². The van der Waals surface area contributed by atoms with Crippen LogP contribution in [0.25, 0.3) is 0 Å². The van der Waals surface area contributed by atoms with Crippen LogP contribution in [0.3, 0.4) is 0 Å². The van der Waals surface area contributed by atoms with Crippen LogP contribution in [0.15, 0.2) is 11.1 Å². The van der Waals surface area contributed by atoms with E-state index in [-0.39, 0.29) is 11.9 Å². The second-order valence-corrected chi connectivity index (χ2v) is 4.94. The molecule has 20 heavy (non-hydrogen) atoms. The molecule has 4 heteroatoms. The minimum atomic E-state index is -0.401. The van der Waals surface area contributed by atoms with Gasteiger partial charge in [-0.2, -0.15) is 0 Å². The molecule has 0 radical (unpaired) electrons. The third kappa shape index (κ3) is 6.22. The van der Waals surface area contributed by atoms with Crippen LogP contribution < -0.4 is 0 Å². The molecule has 0 saturated heterocycles. The van der Waals surface area contributed by atoms with E-state index in [0.717, 1.165) is 19.3 Å². The Morgan fingerprint density at radius 1 is 0.900 bits per heavy atom. The van der Waals surface area contributed by atoms with Crippen LogP contribution in [-0.2, 0) is 19.1 Å². The Hall–Kier alpha value is -1.32. The van der Waals surface area contributed by atoms with Gasteiger partial charge in [-0.25, -0.2) is 9.59 Å². The van der Waals surface area contributed by atoms with Crippen LogP contribution in [0.2, 0.25) is 0 Å². The first kappa shape index (κ1) is 18.7. The summed E-state index contributed by atoms with van der Waals surface area (Å²) >= 11 is 0. The van der Waals surface area contributed by atoms with Crippen LogP contribution in [0.5, 0.6) is 0 Å². The summed E-state index contributed by atoms with van der Waals surface area (Å²) in [6, 6.07) is 0. The number of rotatable bonds is 9. The quantitative estimate of drug-likeness (QED) is 0.368. The highest BCUT2D eigenvalue weighted by Crippen LogP contribution is 2.23. The molecule has 0 aliphatic heterocycles. The molecule has 0 aliphatic carbocycles. The maximum absolute atomic E-state index is 12.1. The van der Waals surface area contributed by atoms with Gasteiger partial charge in [0.1, 0.15) is 0 Å². The molecule has 0 amide bonds. The number of esters is 2. The SMILES string of the molecule is CCCCCC(C(=O)OCC)=C(C(=O)OCC)C(C)C. The Bertz CT molecular complexity index is 342. The van der Waals surface area contributed by atoms with Crippen LogP contribution in [-0.4, -0.2) is 25.2 Å². The zero-order chi connectivity index (χ0) is 15.5. The Kier molecular flexibility index (Phi) is 9.77. The summed E-state index contributed by atoms with van der Waals surface area (Å²) in [5.41, 5.74) is 0.940. The van der Waals surface area contributed by atoms with Crippen molar-refractivity contribution in [1.29, 1.82) is 0 Å². The van der Waals surface area contributed by atoms with Gasteiger partial charge in [-0.05, 0) is 32.6 Å². The molecule has 116 valence electrons. The monoisotopic (exact) mass is 284 g/mol. The second kappa shape index (κ2) is 10.5. The molecular formula is C16H28O4. The van der Waals surface area contributed by atoms with Gasteiger partial charge in [0.2, 0.25) is 0 Å². The summed E-state index contributed by atoms with van der Waals surface area (Å²) < 4.78 is 10.2. The predicted octanol–water partition coefficient (Wildman–Crippen LogP) is 3.65. The largest absolute Gasteiger partial charge is 0.463 e. The number of unbranched alkanes of at least 4 members (excludes halogenated alkanes) is 2. The van der Waals surface area contributed by atoms with Crippen molar-refractivity contribution in [2.45, 2.75) is 60.3 Å². The molecule has 0 aromatic carbocycles. The summed E-state index contributed by atoms with van der Waals surface area (Å²) in [4.78, 5) is 24.2. The van der Waals surface area contributed by atoms with Crippen molar-refractivity contribution in [2.75, 3.05) is 13.2 Å². The summed E-state index contributed by atoms with van der Waals surface area (Å²) in [6.45, 7) is 10.0. The van der Waals surface area contributed by atoms with E-state index in [1.165, 1.54) is 0 Å². The molecule has 0 rings (SSSR count). The molecule has 0 saturated carbocycles. The fourth-order valence-corrected chi connectivity index (χ4v) is 2.03. The Balaban J connectivity index is 5.36. The zero-order valence-electron chi connectivity index (χ0n) is 13.5. The van der Waals surface area contributed by atoms with Crippen molar-refractivity contribution in [3.63, 3.8) is 0 Å². The minimum Gasteiger partial charge on any atom is -0.463 e. The first-order valence-corrected chi connectivity index (χ1v) is 7.56. The van der Waals surface area contributed by atoms with Gasteiger partial charge in [0.05, 0.1) is 18.8 Å². The highest BCUT2D eigenvalue weighted by molar-refractivity contribution is 6.00. The van der Waals surface area contributed by atoms with Gasteiger partial charge in [0.15, 0.2) is 0 Å². The zero-order valence-corrected chi connectivity index (χ0v) is 13.5. The molecule has 4 nitrogen and oxygen atoms in total. The Labute approximate surface area is 122 Å². The molecule has 0 bridgehead atoms. The molecule has 0 spiro atoms. The third-order valence-electron chi connectivity index (χ3n) is 2.95. The Morgan fingerprint density at radius 2 is 1.45 bits per heavy atom. The summed E-state index contributed by atoms with van der Waals surface area (Å²) in [5, 5.41) is 0. The van der Waals surface area contributed by atoms with Gasteiger partial charge in [-0.3, -0.25) is 0 Å². The lowest BCUT2D eigenvalue weighted by molar-refractivity contribution is -0.142. The first-order valence-electron chi connectivity index (χ1n) is 7.56. The summed E-state index contributed by atoms with van der Waals surface area (Å²) in [5.74, 6) is -0.850. The van der Waals surface area contributed by atoms with E-state index >= 15 is 0 Å². The van der Waals surface area contributed by atoms with Crippen LogP contribution in [0.1, 0.15) is 60.3 Å². The van der Waals surface area contributed by atoms with Gasteiger partial charge in [0.25, 0.3) is 0 Å². The number of hydrogen-bond donors (Lipinski definition) is 0. The van der Waals surface area contributed by atoms with Gasteiger partial charge in [0, 0.05) is 5.57 Å². The number of carbonyl (C=O) groups is 2. The van der Waals surface area contributed by atoms with Gasteiger partial charge < -0.3 is 9.47 Å². The van der Waals surface area contributed by atoms with Crippen LogP contribution in [0.4, 0.5) is 0 Å². The first-order chi connectivity index (χ1) is 9.49. The Morgan fingerprint density at radius 3 is 1.90 bits per heavy atom. The van der Waals surface area contributed by atoms with Gasteiger partial charge >= 0.3 is 11.9 Å². The molecule has 0 unspecified atom stereocenters. The van der Waals surface area contributed by atoms with Crippen molar-refractivity contribution >= 4 is 11.9 Å². The molecule has 0 heterocycles. The summed E-state index contributed by atoms with van der Waals surface area (Å²) in [6.07, 6.45) is 3.53. The summed E-state index contributed by atoms with van der Waals surface area (Å²) in [7, 11) is 0. The van der Waals surface area contributed by atoms with Crippen LogP contribution in [0, 0.1) is 5.92 Å². The van der Waals surface area contributed by atoms with Crippen LogP contribution >= 0.6 is 0 Å². The number of carbonyl (C=O) groups excluding carboxylic acids is 2. The number of hydrogen-bond acceptors (Lipinski definition) is 4. The molecule has 0 aromatic rings. The van der Waals surface area contributed by atoms with Crippen molar-refractivity contribution in [1.82, 2.24) is 0 Å². The van der Waals surface area contributed by atoms with Crippen molar-refractivity contribution in [3.8, 4) is 0 Å². The average Bonchev–Trinajstić information content (AvgIpc) is 2.37. The van der Waals surface area contributed by atoms with E-state index in [2.05, 4.69) is 6.92 Å². The molecule has 0 aliphatic rings.